The van der Waals surface area contributed by atoms with E-state index in [0.717, 1.165) is 41.7 Å². The number of benzene rings is 1. The summed E-state index contributed by atoms with van der Waals surface area (Å²) in [6.07, 6.45) is 4.90. The van der Waals surface area contributed by atoms with Crippen LogP contribution in [0, 0.1) is 12.8 Å². The Morgan fingerprint density at radius 3 is 2.45 bits per heavy atom. The first kappa shape index (κ1) is 23.7. The maximum atomic E-state index is 12.8. The van der Waals surface area contributed by atoms with Crippen molar-refractivity contribution < 1.29 is 23.1 Å². The van der Waals surface area contributed by atoms with Crippen molar-refractivity contribution in [2.24, 2.45) is 5.92 Å². The summed E-state index contributed by atoms with van der Waals surface area (Å²) in [5, 5.41) is 15.6. The van der Waals surface area contributed by atoms with E-state index in [1.165, 1.54) is 15.6 Å². The fourth-order valence-corrected chi connectivity index (χ4v) is 7.22. The summed E-state index contributed by atoms with van der Waals surface area (Å²) in [5.74, 6) is -0.845. The van der Waals surface area contributed by atoms with Gasteiger partial charge in [-0.25, -0.2) is 18.0 Å². The Hall–Kier alpha value is -2.43. The van der Waals surface area contributed by atoms with Crippen LogP contribution in [0.2, 0.25) is 0 Å². The molecule has 0 spiro atoms. The molecular formula is C23H29N3O5S2. The zero-order chi connectivity index (χ0) is 23.6. The van der Waals surface area contributed by atoms with Crippen LogP contribution in [-0.4, -0.2) is 49.5 Å². The molecule has 178 valence electrons. The Bertz CT molecular complexity index is 1130. The summed E-state index contributed by atoms with van der Waals surface area (Å²) in [5.41, 5.74) is 2.09. The van der Waals surface area contributed by atoms with Crippen molar-refractivity contribution in [3.8, 4) is 0 Å². The average molecular weight is 492 g/mol. The van der Waals surface area contributed by atoms with E-state index >= 15 is 0 Å². The second kappa shape index (κ2) is 9.82. The van der Waals surface area contributed by atoms with E-state index in [-0.39, 0.29) is 11.5 Å². The number of carbonyl (C=O) groups is 2. The first-order valence-electron chi connectivity index (χ1n) is 11.2. The van der Waals surface area contributed by atoms with Gasteiger partial charge in [-0.2, -0.15) is 4.31 Å². The van der Waals surface area contributed by atoms with Gasteiger partial charge in [0.05, 0.1) is 10.5 Å². The minimum absolute atomic E-state index is 0.163. The van der Waals surface area contributed by atoms with Crippen LogP contribution >= 0.6 is 11.3 Å². The highest BCUT2D eigenvalue weighted by molar-refractivity contribution is 7.89. The topological polar surface area (TPSA) is 116 Å². The number of amides is 2. The van der Waals surface area contributed by atoms with Crippen molar-refractivity contribution in [3.63, 3.8) is 0 Å². The third-order valence-corrected chi connectivity index (χ3v) is 9.52. The van der Waals surface area contributed by atoms with E-state index in [1.807, 2.05) is 6.92 Å². The Labute approximate surface area is 198 Å². The van der Waals surface area contributed by atoms with Crippen LogP contribution in [0.15, 0.2) is 29.2 Å². The number of nitrogens with zero attached hydrogens (tertiary/aromatic N) is 1. The molecule has 4 rings (SSSR count). The lowest BCUT2D eigenvalue weighted by molar-refractivity contribution is 0.0697. The Balaban J connectivity index is 1.30. The highest BCUT2D eigenvalue weighted by atomic mass is 32.2. The van der Waals surface area contributed by atoms with Crippen molar-refractivity contribution in [3.05, 3.63) is 45.8 Å². The fraction of sp³-hybridized carbons (Fsp3) is 0.478. The molecule has 1 aliphatic carbocycles. The van der Waals surface area contributed by atoms with Gasteiger partial charge < -0.3 is 10.4 Å². The van der Waals surface area contributed by atoms with E-state index < -0.39 is 22.0 Å². The lowest BCUT2D eigenvalue weighted by atomic mass is 9.95. The number of anilines is 1. The number of aromatic carboxylic acids is 1. The van der Waals surface area contributed by atoms with Crippen molar-refractivity contribution in [1.29, 1.82) is 0 Å². The molecule has 1 aromatic heterocycles. The van der Waals surface area contributed by atoms with Crippen molar-refractivity contribution in [2.45, 2.75) is 50.3 Å². The molecule has 0 bridgehead atoms. The Morgan fingerprint density at radius 2 is 1.79 bits per heavy atom. The number of carboxylic acids is 1. The van der Waals surface area contributed by atoms with Crippen LogP contribution in [0.3, 0.4) is 0 Å². The molecule has 2 amide bonds. The molecule has 1 saturated heterocycles. The molecule has 2 aromatic rings. The number of thiophene rings is 1. The van der Waals surface area contributed by atoms with Crippen LogP contribution in [0.4, 0.5) is 9.80 Å². The van der Waals surface area contributed by atoms with Gasteiger partial charge in [-0.05, 0) is 69.1 Å². The van der Waals surface area contributed by atoms with E-state index in [2.05, 4.69) is 10.6 Å². The van der Waals surface area contributed by atoms with Gasteiger partial charge in [-0.1, -0.05) is 17.7 Å². The molecule has 0 unspecified atom stereocenters. The van der Waals surface area contributed by atoms with Crippen LogP contribution in [0.25, 0.3) is 0 Å². The standard InChI is InChI=1S/C23H29N3O5S2/c1-15-6-8-17(9-7-15)33(30,31)26-12-10-16(11-13-26)14-24-23(29)25-21-20(22(27)28)18-4-2-3-5-19(18)32-21/h6-9,16H,2-5,10-14H2,1H3,(H,27,28)(H2,24,25,29). The van der Waals surface area contributed by atoms with Crippen LogP contribution < -0.4 is 10.6 Å². The number of piperidine rings is 1. The van der Waals surface area contributed by atoms with Gasteiger partial charge in [0.2, 0.25) is 10.0 Å². The predicted molar refractivity (Wildman–Crippen MR) is 128 cm³/mol. The summed E-state index contributed by atoms with van der Waals surface area (Å²) >= 11 is 1.36. The average Bonchev–Trinajstić information content (AvgIpc) is 3.16. The number of nitrogens with one attached hydrogen (secondary N) is 2. The number of hydrogen-bond acceptors (Lipinski definition) is 5. The van der Waals surface area contributed by atoms with E-state index in [1.54, 1.807) is 24.3 Å². The third kappa shape index (κ3) is 5.23. The zero-order valence-corrected chi connectivity index (χ0v) is 20.2. The summed E-state index contributed by atoms with van der Waals surface area (Å²) in [6, 6.07) is 6.43. The minimum atomic E-state index is -3.51. The lowest BCUT2D eigenvalue weighted by Gasteiger charge is -2.31. The van der Waals surface area contributed by atoms with Crippen molar-refractivity contribution >= 4 is 38.4 Å². The van der Waals surface area contributed by atoms with Crippen LogP contribution in [-0.2, 0) is 22.9 Å². The van der Waals surface area contributed by atoms with Gasteiger partial charge in [-0.3, -0.25) is 5.32 Å². The summed E-state index contributed by atoms with van der Waals surface area (Å²) in [7, 11) is -3.51. The number of hydrogen-bond donors (Lipinski definition) is 3. The Morgan fingerprint density at radius 1 is 1.12 bits per heavy atom. The molecule has 1 fully saturated rings. The molecule has 1 aliphatic heterocycles. The molecule has 2 aliphatic rings. The normalized spacial score (nSPS) is 17.4. The maximum Gasteiger partial charge on any atom is 0.339 e. The zero-order valence-electron chi connectivity index (χ0n) is 18.6. The molecule has 2 heterocycles. The number of carboxylic acid groups (broad SMARTS) is 1. The molecule has 33 heavy (non-hydrogen) atoms. The molecule has 0 saturated carbocycles. The van der Waals surface area contributed by atoms with E-state index in [4.69, 9.17) is 0 Å². The highest BCUT2D eigenvalue weighted by Crippen LogP contribution is 2.38. The molecule has 10 heteroatoms. The highest BCUT2D eigenvalue weighted by Gasteiger charge is 2.30. The number of rotatable bonds is 6. The largest absolute Gasteiger partial charge is 0.478 e. The van der Waals surface area contributed by atoms with Crippen molar-refractivity contribution in [1.82, 2.24) is 9.62 Å². The van der Waals surface area contributed by atoms with E-state index in [0.29, 0.717) is 42.4 Å². The van der Waals surface area contributed by atoms with Gasteiger partial charge in [0.25, 0.3) is 0 Å². The quantitative estimate of drug-likeness (QED) is 0.568. The second-order valence-electron chi connectivity index (χ2n) is 8.72. The molecule has 8 nitrogen and oxygen atoms in total. The first-order chi connectivity index (χ1) is 15.8. The van der Waals surface area contributed by atoms with Gasteiger partial charge in [0.1, 0.15) is 5.00 Å². The SMILES string of the molecule is Cc1ccc(S(=O)(=O)N2CCC(CNC(=O)Nc3sc4c(c3C(=O)O)CCCC4)CC2)cc1. The summed E-state index contributed by atoms with van der Waals surface area (Å²) in [6.45, 7) is 3.15. The monoisotopic (exact) mass is 491 g/mol. The maximum absolute atomic E-state index is 12.8. The van der Waals surface area contributed by atoms with Crippen LogP contribution in [0.5, 0.6) is 0 Å². The molecule has 3 N–H and O–H groups in total. The fourth-order valence-electron chi connectivity index (χ4n) is 4.48. The number of sulfonamides is 1. The third-order valence-electron chi connectivity index (χ3n) is 6.40. The van der Waals surface area contributed by atoms with Crippen molar-refractivity contribution in [2.75, 3.05) is 25.0 Å². The number of aryl methyl sites for hydroxylation is 2. The van der Waals surface area contributed by atoms with Gasteiger partial charge in [0, 0.05) is 24.5 Å². The Kier molecular flexibility index (Phi) is 7.06. The van der Waals surface area contributed by atoms with E-state index in [9.17, 15) is 23.1 Å². The van der Waals surface area contributed by atoms with Gasteiger partial charge >= 0.3 is 12.0 Å². The first-order valence-corrected chi connectivity index (χ1v) is 13.5. The van der Waals surface area contributed by atoms with Crippen LogP contribution in [0.1, 0.15) is 52.0 Å². The predicted octanol–water partition coefficient (Wildman–Crippen LogP) is 3.86. The second-order valence-corrected chi connectivity index (χ2v) is 11.8. The molecule has 0 atom stereocenters. The summed E-state index contributed by atoms with van der Waals surface area (Å²) < 4.78 is 27.2. The smallest absolute Gasteiger partial charge is 0.339 e. The number of fused-ring (bicyclic) bond motifs is 1. The molecule has 1 aromatic carbocycles. The van der Waals surface area contributed by atoms with Gasteiger partial charge in [0.15, 0.2) is 0 Å². The minimum Gasteiger partial charge on any atom is -0.478 e. The number of urea groups is 1. The molecular weight excluding hydrogens is 462 g/mol. The lowest BCUT2D eigenvalue weighted by Crippen LogP contribution is -2.42. The van der Waals surface area contributed by atoms with Gasteiger partial charge in [-0.15, -0.1) is 11.3 Å². The summed E-state index contributed by atoms with van der Waals surface area (Å²) in [4.78, 5) is 25.6. The molecule has 0 radical (unpaired) electrons. The number of carbonyl (C=O) groups excluding carboxylic acids is 1.